The molecule has 1 aliphatic heterocycles. The van der Waals surface area contributed by atoms with Gasteiger partial charge in [-0.25, -0.2) is 0 Å². The van der Waals surface area contributed by atoms with Gasteiger partial charge in [0.1, 0.15) is 0 Å². The smallest absolute Gasteiger partial charge is 0.222 e. The van der Waals surface area contributed by atoms with Gasteiger partial charge in [0.2, 0.25) is 5.91 Å². The van der Waals surface area contributed by atoms with Crippen LogP contribution < -0.4 is 5.73 Å². The first kappa shape index (κ1) is 17.7. The Morgan fingerprint density at radius 3 is 2.61 bits per heavy atom. The van der Waals surface area contributed by atoms with Crippen LogP contribution in [-0.4, -0.2) is 43.7 Å². The summed E-state index contributed by atoms with van der Waals surface area (Å²) >= 11 is 0. The standard InChI is InChI=1S/C13H26N2O2.ClH/c1-11(14)3-4-13(16)15(2)8-5-12-6-9-17-10-7-12;/h11-12H,3-10,14H2,1-2H3;1H. The third-order valence-electron chi connectivity index (χ3n) is 3.45. The Morgan fingerprint density at radius 1 is 1.44 bits per heavy atom. The number of rotatable bonds is 6. The Hall–Kier alpha value is -0.320. The Kier molecular flexibility index (Phi) is 9.42. The normalized spacial score (nSPS) is 17.9. The van der Waals surface area contributed by atoms with Crippen molar-refractivity contribution in [3.8, 4) is 0 Å². The van der Waals surface area contributed by atoms with E-state index < -0.39 is 0 Å². The molecule has 4 nitrogen and oxygen atoms in total. The van der Waals surface area contributed by atoms with Crippen LogP contribution >= 0.6 is 12.4 Å². The molecule has 0 aromatic heterocycles. The number of carbonyl (C=O) groups is 1. The van der Waals surface area contributed by atoms with Crippen LogP contribution in [0, 0.1) is 5.92 Å². The van der Waals surface area contributed by atoms with Crippen molar-refractivity contribution in [3.05, 3.63) is 0 Å². The van der Waals surface area contributed by atoms with Crippen molar-refractivity contribution >= 4 is 18.3 Å². The third-order valence-corrected chi connectivity index (χ3v) is 3.45. The number of ether oxygens (including phenoxy) is 1. The second-order valence-electron chi connectivity index (χ2n) is 5.18. The number of hydrogen-bond acceptors (Lipinski definition) is 3. The van der Waals surface area contributed by atoms with Gasteiger partial charge in [0.15, 0.2) is 0 Å². The summed E-state index contributed by atoms with van der Waals surface area (Å²) in [5.74, 6) is 0.946. The zero-order chi connectivity index (χ0) is 12.7. The van der Waals surface area contributed by atoms with Gasteiger partial charge in [-0.1, -0.05) is 0 Å². The lowest BCUT2D eigenvalue weighted by Crippen LogP contribution is -2.31. The number of amides is 1. The zero-order valence-electron chi connectivity index (χ0n) is 11.6. The van der Waals surface area contributed by atoms with Crippen LogP contribution in [0.1, 0.15) is 39.0 Å². The van der Waals surface area contributed by atoms with Gasteiger partial charge in [-0.15, -0.1) is 12.4 Å². The molecule has 1 atom stereocenters. The first-order valence-corrected chi connectivity index (χ1v) is 6.67. The van der Waals surface area contributed by atoms with Gasteiger partial charge in [-0.2, -0.15) is 0 Å². The van der Waals surface area contributed by atoms with Gasteiger partial charge in [0.05, 0.1) is 0 Å². The quantitative estimate of drug-likeness (QED) is 0.806. The topological polar surface area (TPSA) is 55.6 Å². The highest BCUT2D eigenvalue weighted by molar-refractivity contribution is 5.85. The van der Waals surface area contributed by atoms with Crippen LogP contribution in [0.5, 0.6) is 0 Å². The van der Waals surface area contributed by atoms with Gasteiger partial charge >= 0.3 is 0 Å². The molecule has 0 bridgehead atoms. The second kappa shape index (κ2) is 9.59. The molecule has 0 aliphatic carbocycles. The molecule has 1 saturated heterocycles. The monoisotopic (exact) mass is 278 g/mol. The average Bonchev–Trinajstić information content (AvgIpc) is 2.34. The molecule has 1 amide bonds. The lowest BCUT2D eigenvalue weighted by Gasteiger charge is -2.25. The molecule has 1 rings (SSSR count). The summed E-state index contributed by atoms with van der Waals surface area (Å²) in [6.07, 6.45) is 4.73. The largest absolute Gasteiger partial charge is 0.381 e. The molecule has 5 heteroatoms. The van der Waals surface area contributed by atoms with E-state index in [1.165, 1.54) is 0 Å². The van der Waals surface area contributed by atoms with Crippen molar-refractivity contribution in [1.82, 2.24) is 4.90 Å². The van der Waals surface area contributed by atoms with Crippen LogP contribution in [0.3, 0.4) is 0 Å². The van der Waals surface area contributed by atoms with Crippen LogP contribution in [0.15, 0.2) is 0 Å². The summed E-state index contributed by atoms with van der Waals surface area (Å²) in [6.45, 7) is 4.57. The zero-order valence-corrected chi connectivity index (χ0v) is 12.4. The van der Waals surface area contributed by atoms with Gasteiger partial charge < -0.3 is 15.4 Å². The fraction of sp³-hybridized carbons (Fsp3) is 0.923. The molecule has 1 fully saturated rings. The number of nitrogens with zero attached hydrogens (tertiary/aromatic N) is 1. The molecular formula is C13H27ClN2O2. The predicted octanol–water partition coefficient (Wildman–Crippen LogP) is 1.81. The molecule has 0 aromatic rings. The molecule has 0 spiro atoms. The molecule has 0 aromatic carbocycles. The molecule has 1 aliphatic rings. The van der Waals surface area contributed by atoms with E-state index in [1.54, 1.807) is 0 Å². The summed E-state index contributed by atoms with van der Waals surface area (Å²) in [6, 6.07) is 0.114. The first-order valence-electron chi connectivity index (χ1n) is 6.67. The van der Waals surface area contributed by atoms with Crippen LogP contribution in [0.2, 0.25) is 0 Å². The van der Waals surface area contributed by atoms with Crippen molar-refractivity contribution in [1.29, 1.82) is 0 Å². The van der Waals surface area contributed by atoms with E-state index in [1.807, 2.05) is 18.9 Å². The number of hydrogen-bond donors (Lipinski definition) is 1. The number of nitrogens with two attached hydrogens (primary N) is 1. The van der Waals surface area contributed by atoms with E-state index in [0.29, 0.717) is 6.42 Å². The molecule has 2 N–H and O–H groups in total. The summed E-state index contributed by atoms with van der Waals surface area (Å²) in [5.41, 5.74) is 5.65. The molecule has 18 heavy (non-hydrogen) atoms. The third kappa shape index (κ3) is 7.19. The molecule has 0 saturated carbocycles. The van der Waals surface area contributed by atoms with Crippen molar-refractivity contribution in [2.24, 2.45) is 11.7 Å². The summed E-state index contributed by atoms with van der Waals surface area (Å²) in [7, 11) is 1.89. The fourth-order valence-electron chi connectivity index (χ4n) is 2.08. The highest BCUT2D eigenvalue weighted by Gasteiger charge is 2.16. The minimum Gasteiger partial charge on any atom is -0.381 e. The van der Waals surface area contributed by atoms with Crippen molar-refractivity contribution < 1.29 is 9.53 Å². The van der Waals surface area contributed by atoms with Gasteiger partial charge in [-0.05, 0) is 38.5 Å². The Bertz CT molecular complexity index is 231. The SMILES string of the molecule is CC(N)CCC(=O)N(C)CCC1CCOCC1.Cl. The lowest BCUT2D eigenvalue weighted by atomic mass is 9.96. The van der Waals surface area contributed by atoms with Crippen molar-refractivity contribution in [2.75, 3.05) is 26.8 Å². The molecule has 1 unspecified atom stereocenters. The summed E-state index contributed by atoms with van der Waals surface area (Å²) < 4.78 is 5.32. The molecule has 1 heterocycles. The van der Waals surface area contributed by atoms with E-state index in [9.17, 15) is 4.79 Å². The van der Waals surface area contributed by atoms with E-state index in [4.69, 9.17) is 10.5 Å². The fourth-order valence-corrected chi connectivity index (χ4v) is 2.08. The van der Waals surface area contributed by atoms with Crippen molar-refractivity contribution in [3.63, 3.8) is 0 Å². The summed E-state index contributed by atoms with van der Waals surface area (Å²) in [4.78, 5) is 13.6. The van der Waals surface area contributed by atoms with Gasteiger partial charge in [0.25, 0.3) is 0 Å². The highest BCUT2D eigenvalue weighted by atomic mass is 35.5. The Balaban J connectivity index is 0.00000289. The predicted molar refractivity (Wildman–Crippen MR) is 75.9 cm³/mol. The maximum Gasteiger partial charge on any atom is 0.222 e. The number of halogens is 1. The number of carbonyl (C=O) groups excluding carboxylic acids is 1. The minimum absolute atomic E-state index is 0. The van der Waals surface area contributed by atoms with Crippen LogP contribution in [0.4, 0.5) is 0 Å². The maximum absolute atomic E-state index is 11.8. The Morgan fingerprint density at radius 2 is 2.06 bits per heavy atom. The summed E-state index contributed by atoms with van der Waals surface area (Å²) in [5, 5.41) is 0. The van der Waals surface area contributed by atoms with Gasteiger partial charge in [0, 0.05) is 39.3 Å². The van der Waals surface area contributed by atoms with Crippen LogP contribution in [0.25, 0.3) is 0 Å². The molecular weight excluding hydrogens is 252 g/mol. The molecule has 0 radical (unpaired) electrons. The van der Waals surface area contributed by atoms with E-state index in [0.717, 1.165) is 51.4 Å². The van der Waals surface area contributed by atoms with Crippen LogP contribution in [-0.2, 0) is 9.53 Å². The highest BCUT2D eigenvalue weighted by Crippen LogP contribution is 2.18. The minimum atomic E-state index is 0. The van der Waals surface area contributed by atoms with Crippen molar-refractivity contribution in [2.45, 2.75) is 45.1 Å². The van der Waals surface area contributed by atoms with E-state index in [-0.39, 0.29) is 24.4 Å². The first-order chi connectivity index (χ1) is 8.09. The van der Waals surface area contributed by atoms with E-state index >= 15 is 0 Å². The second-order valence-corrected chi connectivity index (χ2v) is 5.18. The lowest BCUT2D eigenvalue weighted by molar-refractivity contribution is -0.130. The molecule has 108 valence electrons. The Labute approximate surface area is 117 Å². The average molecular weight is 279 g/mol. The maximum atomic E-state index is 11.8. The van der Waals surface area contributed by atoms with Gasteiger partial charge in [-0.3, -0.25) is 4.79 Å². The van der Waals surface area contributed by atoms with E-state index in [2.05, 4.69) is 0 Å².